The largest absolute Gasteiger partial charge is 0.409 e. The van der Waals surface area contributed by atoms with Gasteiger partial charge in [-0.05, 0) is 38.8 Å². The van der Waals surface area contributed by atoms with Crippen molar-refractivity contribution in [3.8, 4) is 0 Å². The Bertz CT molecular complexity index is 270. The van der Waals surface area contributed by atoms with Crippen molar-refractivity contribution in [2.45, 2.75) is 65.3 Å². The molecule has 106 valence electrons. The van der Waals surface area contributed by atoms with Crippen molar-refractivity contribution in [1.29, 1.82) is 0 Å². The molecule has 4 nitrogen and oxygen atoms in total. The Morgan fingerprint density at radius 2 is 2.00 bits per heavy atom. The van der Waals surface area contributed by atoms with Crippen molar-refractivity contribution >= 4 is 5.84 Å². The maximum Gasteiger partial charge on any atom is 0.144 e. The van der Waals surface area contributed by atoms with Gasteiger partial charge in [-0.2, -0.15) is 0 Å². The predicted octanol–water partition coefficient (Wildman–Crippen LogP) is 2.80. The van der Waals surface area contributed by atoms with Crippen LogP contribution in [0.3, 0.4) is 0 Å². The molecule has 3 N–H and O–H groups in total. The van der Waals surface area contributed by atoms with E-state index in [1.807, 2.05) is 13.8 Å². The van der Waals surface area contributed by atoms with E-state index in [-0.39, 0.29) is 5.41 Å². The number of hydrogen-bond acceptors (Lipinski definition) is 3. The van der Waals surface area contributed by atoms with E-state index >= 15 is 0 Å². The Balaban J connectivity index is 2.35. The lowest BCUT2D eigenvalue weighted by atomic mass is 9.86. The number of amidine groups is 1. The normalized spacial score (nSPS) is 18.8. The molecule has 0 radical (unpaired) electrons. The van der Waals surface area contributed by atoms with Crippen LogP contribution in [0, 0.1) is 5.41 Å². The first kappa shape index (κ1) is 15.3. The second-order valence-corrected chi connectivity index (χ2v) is 6.04. The summed E-state index contributed by atoms with van der Waals surface area (Å²) in [6, 6.07) is 0.793. The van der Waals surface area contributed by atoms with Crippen molar-refractivity contribution in [3.63, 3.8) is 0 Å². The van der Waals surface area contributed by atoms with Gasteiger partial charge in [0.1, 0.15) is 5.84 Å². The molecule has 0 amide bonds. The third-order valence-electron chi connectivity index (χ3n) is 4.30. The van der Waals surface area contributed by atoms with E-state index in [4.69, 9.17) is 10.9 Å². The van der Waals surface area contributed by atoms with E-state index in [1.54, 1.807) is 0 Å². The van der Waals surface area contributed by atoms with Crippen LogP contribution >= 0.6 is 0 Å². The van der Waals surface area contributed by atoms with Crippen molar-refractivity contribution in [3.05, 3.63) is 0 Å². The van der Waals surface area contributed by atoms with Crippen molar-refractivity contribution in [2.75, 3.05) is 13.1 Å². The van der Waals surface area contributed by atoms with E-state index in [1.165, 1.54) is 25.7 Å². The minimum Gasteiger partial charge on any atom is -0.409 e. The van der Waals surface area contributed by atoms with Gasteiger partial charge in [0, 0.05) is 11.5 Å². The summed E-state index contributed by atoms with van der Waals surface area (Å²) in [5.74, 6) is 0.339. The summed E-state index contributed by atoms with van der Waals surface area (Å²) in [6.07, 6.45) is 7.56. The Hall–Kier alpha value is -0.770. The topological polar surface area (TPSA) is 61.8 Å². The van der Waals surface area contributed by atoms with Gasteiger partial charge in [0.25, 0.3) is 0 Å². The summed E-state index contributed by atoms with van der Waals surface area (Å²) in [7, 11) is 0. The van der Waals surface area contributed by atoms with Gasteiger partial charge in [-0.15, -0.1) is 0 Å². The zero-order chi connectivity index (χ0) is 13.6. The molecule has 0 aliphatic heterocycles. The fourth-order valence-electron chi connectivity index (χ4n) is 2.86. The highest BCUT2D eigenvalue weighted by Crippen LogP contribution is 2.26. The summed E-state index contributed by atoms with van der Waals surface area (Å²) in [6.45, 7) is 8.58. The van der Waals surface area contributed by atoms with Crippen LogP contribution in [0.1, 0.15) is 59.3 Å². The molecule has 0 spiro atoms. The van der Waals surface area contributed by atoms with Crippen LogP contribution in [0.2, 0.25) is 0 Å². The average Bonchev–Trinajstić information content (AvgIpc) is 2.87. The maximum absolute atomic E-state index is 8.75. The predicted molar refractivity (Wildman–Crippen MR) is 75.9 cm³/mol. The fourth-order valence-corrected chi connectivity index (χ4v) is 2.86. The molecule has 1 fully saturated rings. The standard InChI is InChI=1S/C14H29N3O/c1-4-17(12-8-5-6-9-12)11-7-10-14(2,3)13(15)16-18/h12,18H,4-11H2,1-3H3,(H2,15,16). The summed E-state index contributed by atoms with van der Waals surface area (Å²) >= 11 is 0. The lowest BCUT2D eigenvalue weighted by Gasteiger charge is -2.29. The number of rotatable bonds is 7. The van der Waals surface area contributed by atoms with E-state index in [0.717, 1.165) is 32.0 Å². The molecule has 1 aliphatic carbocycles. The van der Waals surface area contributed by atoms with Crippen molar-refractivity contribution in [1.82, 2.24) is 4.90 Å². The van der Waals surface area contributed by atoms with E-state index in [2.05, 4.69) is 17.0 Å². The lowest BCUT2D eigenvalue weighted by molar-refractivity contribution is 0.198. The molecule has 18 heavy (non-hydrogen) atoms. The lowest BCUT2D eigenvalue weighted by Crippen LogP contribution is -2.36. The Labute approximate surface area is 111 Å². The van der Waals surface area contributed by atoms with Gasteiger partial charge in [0.15, 0.2) is 0 Å². The van der Waals surface area contributed by atoms with E-state index < -0.39 is 0 Å². The summed E-state index contributed by atoms with van der Waals surface area (Å²) in [4.78, 5) is 2.59. The third-order valence-corrected chi connectivity index (χ3v) is 4.30. The zero-order valence-corrected chi connectivity index (χ0v) is 12.2. The highest BCUT2D eigenvalue weighted by molar-refractivity contribution is 5.85. The number of oxime groups is 1. The molecule has 4 heteroatoms. The Morgan fingerprint density at radius 3 is 2.50 bits per heavy atom. The first-order valence-electron chi connectivity index (χ1n) is 7.23. The summed E-state index contributed by atoms with van der Waals surface area (Å²) < 4.78 is 0. The van der Waals surface area contributed by atoms with E-state index in [9.17, 15) is 0 Å². The van der Waals surface area contributed by atoms with Crippen LogP contribution in [0.4, 0.5) is 0 Å². The van der Waals surface area contributed by atoms with Crippen LogP contribution in [0.5, 0.6) is 0 Å². The minimum absolute atomic E-state index is 0.205. The molecule has 1 rings (SSSR count). The van der Waals surface area contributed by atoms with Crippen molar-refractivity contribution < 1.29 is 5.21 Å². The molecule has 0 saturated heterocycles. The summed E-state index contributed by atoms with van der Waals surface area (Å²) in [5, 5.41) is 11.9. The highest BCUT2D eigenvalue weighted by Gasteiger charge is 2.25. The molecular weight excluding hydrogens is 226 g/mol. The van der Waals surface area contributed by atoms with Gasteiger partial charge in [0.05, 0.1) is 0 Å². The Morgan fingerprint density at radius 1 is 1.39 bits per heavy atom. The summed E-state index contributed by atoms with van der Waals surface area (Å²) in [5.41, 5.74) is 5.50. The van der Waals surface area contributed by atoms with Crippen LogP contribution in [-0.2, 0) is 0 Å². The number of nitrogens with zero attached hydrogens (tertiary/aromatic N) is 2. The van der Waals surface area contributed by atoms with Crippen LogP contribution in [0.25, 0.3) is 0 Å². The molecule has 0 aromatic heterocycles. The first-order valence-corrected chi connectivity index (χ1v) is 7.23. The highest BCUT2D eigenvalue weighted by atomic mass is 16.4. The van der Waals surface area contributed by atoms with Gasteiger partial charge in [-0.1, -0.05) is 38.8 Å². The number of hydrogen-bond donors (Lipinski definition) is 2. The Kier molecular flexibility index (Phi) is 5.93. The monoisotopic (exact) mass is 255 g/mol. The third kappa shape index (κ3) is 4.16. The molecule has 0 unspecified atom stereocenters. The molecule has 0 bridgehead atoms. The number of nitrogens with two attached hydrogens (primary N) is 1. The van der Waals surface area contributed by atoms with Crippen LogP contribution < -0.4 is 5.73 Å². The zero-order valence-electron chi connectivity index (χ0n) is 12.2. The van der Waals surface area contributed by atoms with Crippen molar-refractivity contribution in [2.24, 2.45) is 16.3 Å². The molecular formula is C14H29N3O. The molecule has 0 heterocycles. The second kappa shape index (κ2) is 6.98. The molecule has 1 aliphatic rings. The van der Waals surface area contributed by atoms with Gasteiger partial charge in [0.2, 0.25) is 0 Å². The maximum atomic E-state index is 8.75. The smallest absolute Gasteiger partial charge is 0.144 e. The average molecular weight is 255 g/mol. The van der Waals surface area contributed by atoms with Crippen LogP contribution in [0.15, 0.2) is 5.16 Å². The van der Waals surface area contributed by atoms with Gasteiger partial charge < -0.3 is 15.8 Å². The van der Waals surface area contributed by atoms with E-state index in [0.29, 0.717) is 5.84 Å². The second-order valence-electron chi connectivity index (χ2n) is 6.04. The van der Waals surface area contributed by atoms with Gasteiger partial charge in [-0.25, -0.2) is 0 Å². The minimum atomic E-state index is -0.205. The molecule has 0 aromatic rings. The van der Waals surface area contributed by atoms with Gasteiger partial charge >= 0.3 is 0 Å². The SMILES string of the molecule is CCN(CCCC(C)(C)C(N)=NO)C1CCCC1. The molecule has 1 saturated carbocycles. The van der Waals surface area contributed by atoms with Gasteiger partial charge in [-0.3, -0.25) is 0 Å². The first-order chi connectivity index (χ1) is 8.51. The quantitative estimate of drug-likeness (QED) is 0.318. The van der Waals surface area contributed by atoms with Crippen LogP contribution in [-0.4, -0.2) is 35.1 Å². The fraction of sp³-hybridized carbons (Fsp3) is 0.929. The molecule has 0 aromatic carbocycles. The molecule has 0 atom stereocenters.